The molecule has 1 aromatic carbocycles. The molecule has 112 valence electrons. The number of hydrogen-bond donors (Lipinski definition) is 1. The van der Waals surface area contributed by atoms with Crippen LogP contribution in [0.1, 0.15) is 48.8 Å². The predicted octanol–water partition coefficient (Wildman–Crippen LogP) is 4.29. The van der Waals surface area contributed by atoms with Gasteiger partial charge < -0.3 is 10.2 Å². The Kier molecular flexibility index (Phi) is 5.47. The first-order valence-corrected chi connectivity index (χ1v) is 8.10. The van der Waals surface area contributed by atoms with Crippen LogP contribution in [0, 0.1) is 20.8 Å². The highest BCUT2D eigenvalue weighted by Crippen LogP contribution is 2.23. The maximum Gasteiger partial charge on any atom is 0.0400 e. The molecule has 0 atom stereocenters. The number of nitrogens with one attached hydrogen (secondary N) is 1. The topological polar surface area (TPSA) is 15.3 Å². The fourth-order valence-electron chi connectivity index (χ4n) is 3.52. The van der Waals surface area contributed by atoms with Crippen molar-refractivity contribution in [2.45, 2.75) is 58.9 Å². The molecule has 2 rings (SSSR count). The van der Waals surface area contributed by atoms with Crippen LogP contribution in [0.15, 0.2) is 12.1 Å². The van der Waals surface area contributed by atoms with Gasteiger partial charge in [0.05, 0.1) is 0 Å². The summed E-state index contributed by atoms with van der Waals surface area (Å²) in [7, 11) is 2.28. The molecular weight excluding hydrogens is 244 g/mol. The molecule has 0 aliphatic heterocycles. The molecule has 0 aromatic heterocycles. The number of rotatable bonds is 5. The minimum absolute atomic E-state index is 0.811. The summed E-state index contributed by atoms with van der Waals surface area (Å²) in [5, 5.41) is 3.64. The monoisotopic (exact) mass is 274 g/mol. The van der Waals surface area contributed by atoms with Gasteiger partial charge in [0.1, 0.15) is 0 Å². The standard InChI is InChI=1S/C18H30N2/c1-14-12-15(2)18(16(3)13-14)19-10-11-20(4)17-8-6-5-7-9-17/h12-13,17,19H,5-11H2,1-4H3. The summed E-state index contributed by atoms with van der Waals surface area (Å²) in [6.07, 6.45) is 7.04. The first kappa shape index (κ1) is 15.4. The van der Waals surface area contributed by atoms with Gasteiger partial charge in [0.2, 0.25) is 0 Å². The Labute approximate surface area is 124 Å². The molecule has 1 N–H and O–H groups in total. The molecule has 1 fully saturated rings. The number of nitrogens with zero attached hydrogens (tertiary/aromatic N) is 1. The number of likely N-dealkylation sites (N-methyl/N-ethyl adjacent to an activating group) is 1. The molecule has 0 amide bonds. The lowest BCUT2D eigenvalue weighted by molar-refractivity contribution is 0.198. The zero-order chi connectivity index (χ0) is 14.5. The highest BCUT2D eigenvalue weighted by atomic mass is 15.1. The lowest BCUT2D eigenvalue weighted by Gasteiger charge is -2.31. The second kappa shape index (κ2) is 7.12. The van der Waals surface area contributed by atoms with Crippen LogP contribution in [-0.4, -0.2) is 31.1 Å². The molecule has 0 saturated heterocycles. The highest BCUT2D eigenvalue weighted by molar-refractivity contribution is 5.58. The van der Waals surface area contributed by atoms with Crippen LogP contribution in [0.5, 0.6) is 0 Å². The van der Waals surface area contributed by atoms with Crippen LogP contribution < -0.4 is 5.32 Å². The van der Waals surface area contributed by atoms with Crippen molar-refractivity contribution in [2.75, 3.05) is 25.5 Å². The Bertz CT molecular complexity index is 410. The Hall–Kier alpha value is -1.02. The molecule has 1 aromatic rings. The number of hydrogen-bond acceptors (Lipinski definition) is 2. The summed E-state index contributed by atoms with van der Waals surface area (Å²) in [4.78, 5) is 2.55. The molecule has 0 unspecified atom stereocenters. The van der Waals surface area contributed by atoms with E-state index in [4.69, 9.17) is 0 Å². The lowest BCUT2D eigenvalue weighted by atomic mass is 9.94. The molecule has 20 heavy (non-hydrogen) atoms. The van der Waals surface area contributed by atoms with E-state index < -0.39 is 0 Å². The van der Waals surface area contributed by atoms with Gasteiger partial charge in [-0.3, -0.25) is 0 Å². The van der Waals surface area contributed by atoms with Gasteiger partial charge in [-0.1, -0.05) is 37.0 Å². The minimum Gasteiger partial charge on any atom is -0.383 e. The Balaban J connectivity index is 1.83. The maximum absolute atomic E-state index is 3.64. The van der Waals surface area contributed by atoms with Gasteiger partial charge in [-0.2, -0.15) is 0 Å². The van der Waals surface area contributed by atoms with Crippen molar-refractivity contribution in [2.24, 2.45) is 0 Å². The SMILES string of the molecule is Cc1cc(C)c(NCCN(C)C2CCCCC2)c(C)c1. The number of aryl methyl sites for hydroxylation is 3. The molecule has 1 aliphatic rings. The van der Waals surface area contributed by atoms with Crippen molar-refractivity contribution >= 4 is 5.69 Å². The Morgan fingerprint density at radius 1 is 1.05 bits per heavy atom. The summed E-state index contributed by atoms with van der Waals surface area (Å²) in [5.74, 6) is 0. The van der Waals surface area contributed by atoms with E-state index in [1.807, 2.05) is 0 Å². The van der Waals surface area contributed by atoms with E-state index in [1.54, 1.807) is 0 Å². The Morgan fingerprint density at radius 3 is 2.25 bits per heavy atom. The van der Waals surface area contributed by atoms with Crippen molar-refractivity contribution in [3.8, 4) is 0 Å². The van der Waals surface area contributed by atoms with Gasteiger partial charge in [-0.05, 0) is 51.8 Å². The van der Waals surface area contributed by atoms with Crippen LogP contribution in [0.4, 0.5) is 5.69 Å². The molecule has 1 aliphatic carbocycles. The first-order valence-electron chi connectivity index (χ1n) is 8.10. The normalized spacial score (nSPS) is 16.6. The van der Waals surface area contributed by atoms with Crippen molar-refractivity contribution in [1.29, 1.82) is 0 Å². The van der Waals surface area contributed by atoms with Gasteiger partial charge in [-0.15, -0.1) is 0 Å². The van der Waals surface area contributed by atoms with Gasteiger partial charge in [-0.25, -0.2) is 0 Å². The van der Waals surface area contributed by atoms with E-state index in [0.717, 1.165) is 19.1 Å². The van der Waals surface area contributed by atoms with E-state index >= 15 is 0 Å². The third-order valence-electron chi connectivity index (χ3n) is 4.64. The second-order valence-corrected chi connectivity index (χ2v) is 6.47. The van der Waals surface area contributed by atoms with Crippen molar-refractivity contribution in [3.05, 3.63) is 28.8 Å². The van der Waals surface area contributed by atoms with Gasteiger partial charge in [0, 0.05) is 24.8 Å². The number of benzene rings is 1. The van der Waals surface area contributed by atoms with Crippen LogP contribution in [0.25, 0.3) is 0 Å². The van der Waals surface area contributed by atoms with Crippen LogP contribution in [-0.2, 0) is 0 Å². The molecular formula is C18H30N2. The highest BCUT2D eigenvalue weighted by Gasteiger charge is 2.17. The van der Waals surface area contributed by atoms with Crippen LogP contribution in [0.3, 0.4) is 0 Å². The molecule has 0 spiro atoms. The molecule has 0 radical (unpaired) electrons. The number of anilines is 1. The van der Waals surface area contributed by atoms with Crippen molar-refractivity contribution in [1.82, 2.24) is 4.90 Å². The minimum atomic E-state index is 0.811. The summed E-state index contributed by atoms with van der Waals surface area (Å²) >= 11 is 0. The fourth-order valence-corrected chi connectivity index (χ4v) is 3.52. The largest absolute Gasteiger partial charge is 0.383 e. The summed E-state index contributed by atoms with van der Waals surface area (Å²) in [6, 6.07) is 5.34. The molecule has 2 heteroatoms. The zero-order valence-electron chi connectivity index (χ0n) is 13.6. The average Bonchev–Trinajstić information content (AvgIpc) is 2.42. The average molecular weight is 274 g/mol. The quantitative estimate of drug-likeness (QED) is 0.861. The zero-order valence-corrected chi connectivity index (χ0v) is 13.6. The van der Waals surface area contributed by atoms with Gasteiger partial charge in [0.15, 0.2) is 0 Å². The van der Waals surface area contributed by atoms with Crippen LogP contribution >= 0.6 is 0 Å². The summed E-state index contributed by atoms with van der Waals surface area (Å²) in [6.45, 7) is 8.75. The predicted molar refractivity (Wildman–Crippen MR) is 88.6 cm³/mol. The van der Waals surface area contributed by atoms with Crippen molar-refractivity contribution in [3.63, 3.8) is 0 Å². The molecule has 2 nitrogen and oxygen atoms in total. The summed E-state index contributed by atoms with van der Waals surface area (Å²) in [5.41, 5.74) is 5.41. The van der Waals surface area contributed by atoms with E-state index in [9.17, 15) is 0 Å². The fraction of sp³-hybridized carbons (Fsp3) is 0.667. The van der Waals surface area contributed by atoms with E-state index in [2.05, 4.69) is 50.2 Å². The molecule has 1 saturated carbocycles. The van der Waals surface area contributed by atoms with E-state index in [1.165, 1.54) is 54.5 Å². The third-order valence-corrected chi connectivity index (χ3v) is 4.64. The van der Waals surface area contributed by atoms with Crippen molar-refractivity contribution < 1.29 is 0 Å². The molecule has 0 heterocycles. The van der Waals surface area contributed by atoms with E-state index in [-0.39, 0.29) is 0 Å². The smallest absolute Gasteiger partial charge is 0.0400 e. The van der Waals surface area contributed by atoms with E-state index in [0.29, 0.717) is 0 Å². The molecule has 0 bridgehead atoms. The van der Waals surface area contributed by atoms with Crippen LogP contribution in [0.2, 0.25) is 0 Å². The summed E-state index contributed by atoms with van der Waals surface area (Å²) < 4.78 is 0. The van der Waals surface area contributed by atoms with Gasteiger partial charge in [0.25, 0.3) is 0 Å². The first-order chi connectivity index (χ1) is 9.58. The van der Waals surface area contributed by atoms with Gasteiger partial charge >= 0.3 is 0 Å². The maximum atomic E-state index is 3.64. The Morgan fingerprint density at radius 2 is 1.65 bits per heavy atom. The third kappa shape index (κ3) is 3.99. The lowest BCUT2D eigenvalue weighted by Crippen LogP contribution is -2.36. The second-order valence-electron chi connectivity index (χ2n) is 6.47.